The highest BCUT2D eigenvalue weighted by atomic mass is 16.5. The van der Waals surface area contributed by atoms with Gasteiger partial charge in [-0.25, -0.2) is 0 Å². The normalized spacial score (nSPS) is 53.2. The molecule has 3 nitrogen and oxygen atoms in total. The van der Waals surface area contributed by atoms with Crippen molar-refractivity contribution >= 4 is 5.97 Å². The highest BCUT2D eigenvalue weighted by Crippen LogP contribution is 2.68. The Kier molecular flexibility index (Phi) is 4.34. The SMILES string of the molecule is C=C[C@]1(O)CC[C@@H]2[C@H]3CC[C@H]4C[C@H](OC(C)=O)CC[C@]4(C)[C@@H]3CC[C@@]21C. The van der Waals surface area contributed by atoms with Crippen LogP contribution in [0.1, 0.15) is 78.6 Å². The van der Waals surface area contributed by atoms with Crippen molar-refractivity contribution < 1.29 is 14.6 Å². The summed E-state index contributed by atoms with van der Waals surface area (Å²) < 4.78 is 5.57. The molecular formula is C23H36O3. The molecule has 3 heteroatoms. The Bertz CT molecular complexity index is 600. The number of rotatable bonds is 2. The van der Waals surface area contributed by atoms with Gasteiger partial charge in [-0.1, -0.05) is 19.9 Å². The number of esters is 1. The molecule has 0 aromatic carbocycles. The van der Waals surface area contributed by atoms with Crippen LogP contribution in [0.25, 0.3) is 0 Å². The summed E-state index contributed by atoms with van der Waals surface area (Å²) in [7, 11) is 0. The third-order valence-corrected chi connectivity index (χ3v) is 9.50. The first-order valence-corrected chi connectivity index (χ1v) is 10.8. The van der Waals surface area contributed by atoms with Gasteiger partial charge in [-0.05, 0) is 86.9 Å². The van der Waals surface area contributed by atoms with Crippen molar-refractivity contribution in [1.29, 1.82) is 0 Å². The van der Waals surface area contributed by atoms with Crippen LogP contribution < -0.4 is 0 Å². The Morgan fingerprint density at radius 3 is 2.50 bits per heavy atom. The molecule has 4 aliphatic rings. The standard InChI is InChI=1S/C23H36O3/c1-5-23(25)13-10-20-18-7-6-16-14-17(26-15(2)24)8-11-21(16,3)19(18)9-12-22(20,23)4/h5,16-20,25H,1,6-14H2,2-4H3/t16-,17+,18-,19+,20+,21-,22-,23-/m0/s1. The quantitative estimate of drug-likeness (QED) is 0.564. The Hall–Kier alpha value is -0.830. The van der Waals surface area contributed by atoms with E-state index >= 15 is 0 Å². The van der Waals surface area contributed by atoms with Crippen molar-refractivity contribution in [3.05, 3.63) is 12.7 Å². The number of ether oxygens (including phenoxy) is 1. The largest absolute Gasteiger partial charge is 0.463 e. The summed E-state index contributed by atoms with van der Waals surface area (Å²) in [6.45, 7) is 10.4. The zero-order valence-electron chi connectivity index (χ0n) is 16.8. The van der Waals surface area contributed by atoms with Crippen LogP contribution in [0.2, 0.25) is 0 Å². The fraction of sp³-hybridized carbons (Fsp3) is 0.870. The van der Waals surface area contributed by atoms with E-state index in [-0.39, 0.29) is 17.5 Å². The number of hydrogen-bond acceptors (Lipinski definition) is 3. The predicted molar refractivity (Wildman–Crippen MR) is 102 cm³/mol. The van der Waals surface area contributed by atoms with Gasteiger partial charge >= 0.3 is 5.97 Å². The van der Waals surface area contributed by atoms with Crippen molar-refractivity contribution in [2.45, 2.75) is 90.3 Å². The zero-order chi connectivity index (χ0) is 18.7. The zero-order valence-corrected chi connectivity index (χ0v) is 16.8. The summed E-state index contributed by atoms with van der Waals surface area (Å²) >= 11 is 0. The van der Waals surface area contributed by atoms with Crippen molar-refractivity contribution in [2.24, 2.45) is 34.5 Å². The maximum Gasteiger partial charge on any atom is 0.302 e. The number of carbonyl (C=O) groups excluding carboxylic acids is 1. The molecule has 0 unspecified atom stereocenters. The van der Waals surface area contributed by atoms with E-state index in [1.54, 1.807) is 0 Å². The second kappa shape index (κ2) is 6.09. The summed E-state index contributed by atoms with van der Waals surface area (Å²) in [6, 6.07) is 0. The third kappa shape index (κ3) is 2.45. The highest BCUT2D eigenvalue weighted by molar-refractivity contribution is 5.66. The van der Waals surface area contributed by atoms with Gasteiger partial charge in [0.2, 0.25) is 0 Å². The monoisotopic (exact) mass is 360 g/mol. The number of carbonyl (C=O) groups is 1. The molecule has 146 valence electrons. The van der Waals surface area contributed by atoms with E-state index in [1.165, 1.54) is 32.6 Å². The molecule has 4 aliphatic carbocycles. The van der Waals surface area contributed by atoms with Crippen LogP contribution in [0.4, 0.5) is 0 Å². The minimum absolute atomic E-state index is 0.00799. The van der Waals surface area contributed by atoms with Gasteiger partial charge in [0.25, 0.3) is 0 Å². The van der Waals surface area contributed by atoms with Crippen LogP contribution in [0.15, 0.2) is 12.7 Å². The van der Waals surface area contributed by atoms with E-state index in [4.69, 9.17) is 4.74 Å². The van der Waals surface area contributed by atoms with E-state index in [9.17, 15) is 9.90 Å². The van der Waals surface area contributed by atoms with Gasteiger partial charge < -0.3 is 9.84 Å². The molecule has 0 aromatic rings. The summed E-state index contributed by atoms with van der Waals surface area (Å²) in [5.74, 6) is 2.70. The Morgan fingerprint density at radius 2 is 1.81 bits per heavy atom. The maximum absolute atomic E-state index is 11.4. The molecule has 0 saturated heterocycles. The van der Waals surface area contributed by atoms with Crippen LogP contribution in [-0.4, -0.2) is 22.8 Å². The summed E-state index contributed by atoms with van der Waals surface area (Å²) in [6.07, 6.45) is 12.2. The first-order chi connectivity index (χ1) is 12.2. The van der Waals surface area contributed by atoms with Crippen LogP contribution in [0.5, 0.6) is 0 Å². The van der Waals surface area contributed by atoms with Gasteiger partial charge in [0.1, 0.15) is 6.10 Å². The molecule has 0 aliphatic heterocycles. The van der Waals surface area contributed by atoms with Crippen molar-refractivity contribution in [2.75, 3.05) is 0 Å². The van der Waals surface area contributed by atoms with Gasteiger partial charge in [-0.15, -0.1) is 6.58 Å². The van der Waals surface area contributed by atoms with E-state index < -0.39 is 5.60 Å². The average Bonchev–Trinajstić information content (AvgIpc) is 2.87. The maximum atomic E-state index is 11.4. The van der Waals surface area contributed by atoms with Crippen LogP contribution in [0, 0.1) is 34.5 Å². The van der Waals surface area contributed by atoms with E-state index in [1.807, 2.05) is 6.08 Å². The molecule has 0 spiro atoms. The van der Waals surface area contributed by atoms with Crippen LogP contribution >= 0.6 is 0 Å². The molecule has 1 N–H and O–H groups in total. The molecule has 0 bridgehead atoms. The molecule has 0 aromatic heterocycles. The minimum atomic E-state index is -0.673. The van der Waals surface area contributed by atoms with Crippen LogP contribution in [0.3, 0.4) is 0 Å². The number of hydrogen-bond donors (Lipinski definition) is 1. The Morgan fingerprint density at radius 1 is 1.08 bits per heavy atom. The molecular weight excluding hydrogens is 324 g/mol. The molecule has 0 radical (unpaired) electrons. The van der Waals surface area contributed by atoms with E-state index in [0.717, 1.165) is 43.9 Å². The predicted octanol–water partition coefficient (Wildman–Crippen LogP) is 4.88. The van der Waals surface area contributed by atoms with Gasteiger partial charge in [0.05, 0.1) is 5.60 Å². The Labute approximate surface area is 158 Å². The molecule has 4 saturated carbocycles. The van der Waals surface area contributed by atoms with Gasteiger partial charge in [0.15, 0.2) is 0 Å². The van der Waals surface area contributed by atoms with E-state index in [0.29, 0.717) is 17.3 Å². The van der Waals surface area contributed by atoms with Crippen molar-refractivity contribution in [3.63, 3.8) is 0 Å². The Balaban J connectivity index is 1.56. The van der Waals surface area contributed by atoms with Crippen molar-refractivity contribution in [3.8, 4) is 0 Å². The summed E-state index contributed by atoms with van der Waals surface area (Å²) in [5.41, 5.74) is -0.281. The number of aliphatic hydroxyl groups is 1. The second-order valence-electron chi connectivity index (χ2n) is 10.3. The molecule has 4 rings (SSSR count). The van der Waals surface area contributed by atoms with Gasteiger partial charge in [0, 0.05) is 12.3 Å². The summed E-state index contributed by atoms with van der Waals surface area (Å²) in [4.78, 5) is 11.4. The number of fused-ring (bicyclic) bond motifs is 5. The lowest BCUT2D eigenvalue weighted by Crippen LogP contribution is -2.56. The lowest BCUT2D eigenvalue weighted by Gasteiger charge is -2.61. The molecule has 0 heterocycles. The fourth-order valence-electron chi connectivity index (χ4n) is 7.95. The molecule has 4 fully saturated rings. The van der Waals surface area contributed by atoms with Crippen LogP contribution in [-0.2, 0) is 9.53 Å². The average molecular weight is 361 g/mol. The second-order valence-corrected chi connectivity index (χ2v) is 10.3. The lowest BCUT2D eigenvalue weighted by molar-refractivity contribution is -0.164. The third-order valence-electron chi connectivity index (χ3n) is 9.50. The smallest absolute Gasteiger partial charge is 0.302 e. The highest BCUT2D eigenvalue weighted by Gasteiger charge is 2.63. The lowest BCUT2D eigenvalue weighted by atomic mass is 9.44. The molecule has 26 heavy (non-hydrogen) atoms. The molecule has 8 atom stereocenters. The van der Waals surface area contributed by atoms with Gasteiger partial charge in [-0.2, -0.15) is 0 Å². The fourth-order valence-corrected chi connectivity index (χ4v) is 7.95. The topological polar surface area (TPSA) is 46.5 Å². The minimum Gasteiger partial charge on any atom is -0.463 e. The van der Waals surface area contributed by atoms with E-state index in [2.05, 4.69) is 20.4 Å². The van der Waals surface area contributed by atoms with Gasteiger partial charge in [-0.3, -0.25) is 4.79 Å². The summed E-state index contributed by atoms with van der Waals surface area (Å²) in [5, 5.41) is 11.2. The molecule has 0 amide bonds. The van der Waals surface area contributed by atoms with Crippen molar-refractivity contribution in [1.82, 2.24) is 0 Å². The first-order valence-electron chi connectivity index (χ1n) is 10.8. The first kappa shape index (κ1) is 18.5.